The first-order valence-electron chi connectivity index (χ1n) is 10.3. The smallest absolute Gasteiger partial charge is 0.308 e. The first-order chi connectivity index (χ1) is 16.8. The molecule has 1 aromatic heterocycles. The zero-order valence-electron chi connectivity index (χ0n) is 17.9. The van der Waals surface area contributed by atoms with Gasteiger partial charge in [-0.2, -0.15) is 5.10 Å². The Labute approximate surface area is 208 Å². The lowest BCUT2D eigenvalue weighted by Gasteiger charge is -2.10. The number of H-pyrrole nitrogens is 1. The molecule has 9 nitrogen and oxygen atoms in total. The van der Waals surface area contributed by atoms with E-state index in [9.17, 15) is 19.7 Å². The topological polar surface area (TPSA) is 130 Å². The Balaban J connectivity index is 1.48. The molecular weight excluding hydrogens is 493 g/mol. The molecule has 0 saturated heterocycles. The van der Waals surface area contributed by atoms with Crippen LogP contribution in [-0.2, 0) is 6.42 Å². The fourth-order valence-corrected chi connectivity index (χ4v) is 3.64. The zero-order valence-corrected chi connectivity index (χ0v) is 19.4. The van der Waals surface area contributed by atoms with Crippen molar-refractivity contribution in [3.63, 3.8) is 0 Å². The highest BCUT2D eigenvalue weighted by molar-refractivity contribution is 6.42. The quantitative estimate of drug-likeness (QED) is 0.215. The summed E-state index contributed by atoms with van der Waals surface area (Å²) < 4.78 is 0. The van der Waals surface area contributed by atoms with E-state index in [0.717, 1.165) is 5.56 Å². The number of carbonyl (C=O) groups is 1. The predicted octanol–water partition coefficient (Wildman–Crippen LogP) is 6.04. The zero-order chi connectivity index (χ0) is 24.9. The number of rotatable bonds is 6. The number of carbonyl (C=O) groups excluding carboxylic acids is 1. The number of aromatic amines is 1. The van der Waals surface area contributed by atoms with E-state index in [4.69, 9.17) is 23.2 Å². The second kappa shape index (κ2) is 10.4. The Hall–Kier alpha value is -4.21. The number of non-ortho nitro benzene ring substituents is 1. The van der Waals surface area contributed by atoms with Crippen molar-refractivity contribution in [1.29, 1.82) is 0 Å². The summed E-state index contributed by atoms with van der Waals surface area (Å²) in [7, 11) is 0. The van der Waals surface area contributed by atoms with E-state index >= 15 is 0 Å². The number of benzene rings is 3. The highest BCUT2D eigenvalue weighted by Crippen LogP contribution is 2.25. The molecule has 0 radical (unpaired) electrons. The lowest BCUT2D eigenvalue weighted by Crippen LogP contribution is -2.19. The minimum absolute atomic E-state index is 0.0190. The summed E-state index contributed by atoms with van der Waals surface area (Å²) in [6.45, 7) is 0. The first-order valence-corrected chi connectivity index (χ1v) is 11.0. The van der Waals surface area contributed by atoms with Crippen LogP contribution in [0.2, 0.25) is 10.0 Å². The van der Waals surface area contributed by atoms with Crippen molar-refractivity contribution < 1.29 is 9.72 Å². The van der Waals surface area contributed by atoms with Crippen molar-refractivity contribution in [3.05, 3.63) is 109 Å². The van der Waals surface area contributed by atoms with Gasteiger partial charge in [-0.05, 0) is 48.0 Å². The lowest BCUT2D eigenvalue weighted by atomic mass is 10.1. The molecule has 0 fully saturated rings. The minimum Gasteiger partial charge on any atom is -0.308 e. The van der Waals surface area contributed by atoms with E-state index in [0.29, 0.717) is 44.3 Å². The molecule has 176 valence electrons. The number of fused-ring (bicyclic) bond motifs is 1. The highest BCUT2D eigenvalue weighted by atomic mass is 35.5. The van der Waals surface area contributed by atoms with Crippen molar-refractivity contribution in [2.45, 2.75) is 6.42 Å². The molecule has 1 heterocycles. The SMILES string of the molecule is O=C(Nc1ccc(Cl)c(Cl)c1)Nc1ccc2c(C/C=C/c3ccc([N+](=O)[O-])cc3)n[nH]c(=O)c2c1. The van der Waals surface area contributed by atoms with E-state index in [2.05, 4.69) is 20.8 Å². The van der Waals surface area contributed by atoms with Crippen LogP contribution in [0.15, 0.2) is 71.5 Å². The number of urea groups is 1. The van der Waals surface area contributed by atoms with E-state index in [-0.39, 0.29) is 5.69 Å². The molecule has 0 bridgehead atoms. The summed E-state index contributed by atoms with van der Waals surface area (Å²) in [5.74, 6) is 0. The van der Waals surface area contributed by atoms with Gasteiger partial charge >= 0.3 is 6.03 Å². The number of allylic oxidation sites excluding steroid dienone is 1. The number of nitrogens with one attached hydrogen (secondary N) is 3. The van der Waals surface area contributed by atoms with Crippen molar-refractivity contribution in [2.75, 3.05) is 10.6 Å². The number of anilines is 2. The van der Waals surface area contributed by atoms with E-state index in [1.807, 2.05) is 12.2 Å². The molecule has 0 spiro atoms. The van der Waals surface area contributed by atoms with Gasteiger partial charge in [-0.25, -0.2) is 9.89 Å². The molecule has 4 aromatic rings. The monoisotopic (exact) mass is 509 g/mol. The molecule has 35 heavy (non-hydrogen) atoms. The molecule has 0 aliphatic carbocycles. The summed E-state index contributed by atoms with van der Waals surface area (Å²) >= 11 is 11.9. The normalized spacial score (nSPS) is 11.0. The van der Waals surface area contributed by atoms with Gasteiger partial charge in [-0.3, -0.25) is 14.9 Å². The highest BCUT2D eigenvalue weighted by Gasteiger charge is 2.10. The average molecular weight is 510 g/mol. The Bertz CT molecular complexity index is 1520. The molecule has 3 N–H and O–H groups in total. The van der Waals surface area contributed by atoms with Crippen LogP contribution in [0.5, 0.6) is 0 Å². The molecule has 0 saturated carbocycles. The third kappa shape index (κ3) is 5.84. The summed E-state index contributed by atoms with van der Waals surface area (Å²) in [4.78, 5) is 35.0. The Morgan fingerprint density at radius 3 is 2.34 bits per heavy atom. The van der Waals surface area contributed by atoms with E-state index in [1.54, 1.807) is 42.5 Å². The van der Waals surface area contributed by atoms with Crippen LogP contribution in [0.3, 0.4) is 0 Å². The Morgan fingerprint density at radius 1 is 0.971 bits per heavy atom. The van der Waals surface area contributed by atoms with Gasteiger partial charge in [-0.15, -0.1) is 0 Å². The summed E-state index contributed by atoms with van der Waals surface area (Å²) in [6.07, 6.45) is 4.07. The molecule has 0 aliphatic heterocycles. The third-order valence-electron chi connectivity index (χ3n) is 5.03. The number of hydrogen-bond donors (Lipinski definition) is 3. The first kappa shape index (κ1) is 23.9. The fourth-order valence-electron chi connectivity index (χ4n) is 3.34. The van der Waals surface area contributed by atoms with Crippen molar-refractivity contribution >= 4 is 63.1 Å². The maximum Gasteiger partial charge on any atom is 0.323 e. The third-order valence-corrected chi connectivity index (χ3v) is 5.77. The second-order valence-corrected chi connectivity index (χ2v) is 8.24. The predicted molar refractivity (Wildman–Crippen MR) is 137 cm³/mol. The van der Waals surface area contributed by atoms with Crippen LogP contribution in [0, 0.1) is 10.1 Å². The Kier molecular flexibility index (Phi) is 7.09. The van der Waals surface area contributed by atoms with Crippen LogP contribution < -0.4 is 16.2 Å². The van der Waals surface area contributed by atoms with Crippen molar-refractivity contribution in [2.24, 2.45) is 0 Å². The lowest BCUT2D eigenvalue weighted by molar-refractivity contribution is -0.384. The van der Waals surface area contributed by atoms with Gasteiger partial charge in [0.2, 0.25) is 0 Å². The number of nitro benzene ring substituents is 1. The van der Waals surface area contributed by atoms with Crippen LogP contribution in [0.1, 0.15) is 11.3 Å². The average Bonchev–Trinajstić information content (AvgIpc) is 2.83. The molecular formula is C24H17Cl2N5O4. The molecule has 4 rings (SSSR count). The van der Waals surface area contributed by atoms with Crippen LogP contribution in [-0.4, -0.2) is 21.2 Å². The van der Waals surface area contributed by atoms with Gasteiger partial charge in [0.05, 0.1) is 26.0 Å². The number of hydrogen-bond acceptors (Lipinski definition) is 5. The van der Waals surface area contributed by atoms with Gasteiger partial charge in [-0.1, -0.05) is 41.4 Å². The van der Waals surface area contributed by atoms with Gasteiger partial charge in [0.1, 0.15) is 0 Å². The molecule has 3 aromatic carbocycles. The summed E-state index contributed by atoms with van der Waals surface area (Å²) in [6, 6.07) is 15.3. The summed E-state index contributed by atoms with van der Waals surface area (Å²) in [5, 5.41) is 24.4. The summed E-state index contributed by atoms with van der Waals surface area (Å²) in [5.41, 5.74) is 1.93. The van der Waals surface area contributed by atoms with Crippen LogP contribution in [0.25, 0.3) is 16.8 Å². The molecule has 0 aliphatic rings. The van der Waals surface area contributed by atoms with E-state index in [1.165, 1.54) is 18.2 Å². The van der Waals surface area contributed by atoms with Gasteiger partial charge in [0, 0.05) is 35.3 Å². The van der Waals surface area contributed by atoms with Crippen LogP contribution in [0.4, 0.5) is 21.9 Å². The molecule has 11 heteroatoms. The number of halogens is 2. The molecule has 0 atom stereocenters. The second-order valence-electron chi connectivity index (χ2n) is 7.42. The number of amides is 2. The standard InChI is InChI=1S/C24H17Cl2N5O4/c25-20-11-7-16(13-21(20)26)28-24(33)27-15-6-10-18-19(12-15)23(32)30-29-22(18)3-1-2-14-4-8-17(9-5-14)31(34)35/h1-2,4-13H,3H2,(H,30,32)(H2,27,28,33)/b2-1+. The number of nitrogens with zero attached hydrogens (tertiary/aromatic N) is 2. The number of aromatic nitrogens is 2. The largest absolute Gasteiger partial charge is 0.323 e. The molecule has 0 unspecified atom stereocenters. The fraction of sp³-hybridized carbons (Fsp3) is 0.0417. The van der Waals surface area contributed by atoms with Crippen molar-refractivity contribution in [1.82, 2.24) is 10.2 Å². The minimum atomic E-state index is -0.514. The number of nitro groups is 1. The van der Waals surface area contributed by atoms with Crippen molar-refractivity contribution in [3.8, 4) is 0 Å². The molecule has 2 amide bonds. The maximum atomic E-state index is 12.4. The van der Waals surface area contributed by atoms with E-state index < -0.39 is 16.5 Å². The maximum absolute atomic E-state index is 12.4. The van der Waals surface area contributed by atoms with Gasteiger partial charge < -0.3 is 10.6 Å². The van der Waals surface area contributed by atoms with Gasteiger partial charge in [0.15, 0.2) is 0 Å². The van der Waals surface area contributed by atoms with Crippen LogP contribution >= 0.6 is 23.2 Å². The Morgan fingerprint density at radius 2 is 1.66 bits per heavy atom. The van der Waals surface area contributed by atoms with Gasteiger partial charge in [0.25, 0.3) is 11.2 Å².